The highest BCUT2D eigenvalue weighted by Crippen LogP contribution is 2.26. The zero-order chi connectivity index (χ0) is 24.4. The third kappa shape index (κ3) is 4.62. The van der Waals surface area contributed by atoms with E-state index in [1.807, 2.05) is 0 Å². The molecule has 34 heavy (non-hydrogen) atoms. The summed E-state index contributed by atoms with van der Waals surface area (Å²) in [5.74, 6) is -3.37. The summed E-state index contributed by atoms with van der Waals surface area (Å²) in [5, 5.41) is 21.8. The number of hydrogen-bond acceptors (Lipinski definition) is 10. The third-order valence-electron chi connectivity index (χ3n) is 5.60. The minimum Gasteiger partial charge on any atom is -0.481 e. The van der Waals surface area contributed by atoms with Gasteiger partial charge in [-0.25, -0.2) is 14.8 Å². The van der Waals surface area contributed by atoms with Crippen molar-refractivity contribution in [2.45, 2.75) is 25.4 Å². The average Bonchev–Trinajstić information content (AvgIpc) is 2.82. The summed E-state index contributed by atoms with van der Waals surface area (Å²) in [6, 6.07) is 5.33. The molecule has 0 bridgehead atoms. The molecule has 0 saturated carbocycles. The predicted octanol–water partition coefficient (Wildman–Crippen LogP) is 0.586. The smallest absolute Gasteiger partial charge is 0.326 e. The van der Waals surface area contributed by atoms with Crippen molar-refractivity contribution in [3.05, 3.63) is 41.7 Å². The number of carbonyl (C=O) groups is 3. The number of rotatable bonds is 6. The second-order valence-electron chi connectivity index (χ2n) is 7.84. The van der Waals surface area contributed by atoms with Crippen molar-refractivity contribution in [2.24, 2.45) is 5.92 Å². The summed E-state index contributed by atoms with van der Waals surface area (Å²) >= 11 is 0. The predicted molar refractivity (Wildman–Crippen MR) is 121 cm³/mol. The lowest BCUT2D eigenvalue weighted by atomic mass is 9.90. The van der Waals surface area contributed by atoms with Gasteiger partial charge in [-0.1, -0.05) is 0 Å². The molecule has 13 nitrogen and oxygen atoms in total. The van der Waals surface area contributed by atoms with Crippen LogP contribution in [0.3, 0.4) is 0 Å². The first-order valence-corrected chi connectivity index (χ1v) is 10.4. The Morgan fingerprint density at radius 3 is 2.47 bits per heavy atom. The van der Waals surface area contributed by atoms with Gasteiger partial charge < -0.3 is 31.9 Å². The molecule has 2 unspecified atom stereocenters. The van der Waals surface area contributed by atoms with Crippen LogP contribution in [0.5, 0.6) is 0 Å². The lowest BCUT2D eigenvalue weighted by Gasteiger charge is -2.35. The molecule has 3 aromatic rings. The molecule has 1 fully saturated rings. The molecule has 1 saturated heterocycles. The van der Waals surface area contributed by atoms with Gasteiger partial charge in [0, 0.05) is 17.8 Å². The van der Waals surface area contributed by atoms with Gasteiger partial charge in [0.1, 0.15) is 6.04 Å². The van der Waals surface area contributed by atoms with E-state index in [1.54, 1.807) is 24.3 Å². The molecule has 4 rings (SSSR count). The maximum atomic E-state index is 12.9. The summed E-state index contributed by atoms with van der Waals surface area (Å²) in [4.78, 5) is 53.4. The van der Waals surface area contributed by atoms with Gasteiger partial charge in [0.15, 0.2) is 17.0 Å². The number of carboxylic acid groups (broad SMARTS) is 2. The normalized spacial score (nSPS) is 17.9. The van der Waals surface area contributed by atoms with Crippen LogP contribution < -0.4 is 16.8 Å². The Morgan fingerprint density at radius 2 is 1.79 bits per heavy atom. The first-order chi connectivity index (χ1) is 16.2. The molecule has 0 aliphatic carbocycles. The van der Waals surface area contributed by atoms with E-state index in [2.05, 4.69) is 25.3 Å². The number of benzene rings is 1. The maximum Gasteiger partial charge on any atom is 0.326 e. The molecule has 1 amide bonds. The van der Waals surface area contributed by atoms with Crippen LogP contribution in [0.1, 0.15) is 28.9 Å². The Labute approximate surface area is 192 Å². The second-order valence-corrected chi connectivity index (χ2v) is 7.84. The van der Waals surface area contributed by atoms with Crippen LogP contribution in [0.4, 0.5) is 17.5 Å². The van der Waals surface area contributed by atoms with Gasteiger partial charge in [0.25, 0.3) is 5.91 Å². The number of aromatic nitrogens is 4. The standard InChI is InChI=1S/C21H22N8O5/c22-16-15-17(28-21(23)27-16)25-9-13(26-15)8-24-12-3-1-10(2-4-12)18(30)29-6-5-11(19(31)32)7-14(29)20(33)34/h1-4,9,11,14,24H,5-8H2,(H,31,32)(H,33,34)(H4,22,23,25,27,28). The zero-order valence-electron chi connectivity index (χ0n) is 17.9. The topological polar surface area (TPSA) is 211 Å². The van der Waals surface area contributed by atoms with Crippen molar-refractivity contribution >= 4 is 46.5 Å². The van der Waals surface area contributed by atoms with E-state index in [9.17, 15) is 24.6 Å². The fourth-order valence-electron chi connectivity index (χ4n) is 3.82. The summed E-state index contributed by atoms with van der Waals surface area (Å²) < 4.78 is 0. The van der Waals surface area contributed by atoms with E-state index in [0.29, 0.717) is 34.7 Å². The van der Waals surface area contributed by atoms with Gasteiger partial charge >= 0.3 is 11.9 Å². The highest BCUT2D eigenvalue weighted by atomic mass is 16.4. The maximum absolute atomic E-state index is 12.9. The minimum atomic E-state index is -1.22. The Balaban J connectivity index is 1.43. The van der Waals surface area contributed by atoms with E-state index in [1.165, 1.54) is 11.1 Å². The molecule has 1 aromatic carbocycles. The van der Waals surface area contributed by atoms with E-state index in [0.717, 1.165) is 0 Å². The molecule has 3 heterocycles. The molecular formula is C21H22N8O5. The highest BCUT2D eigenvalue weighted by Gasteiger charge is 2.39. The molecule has 13 heteroatoms. The van der Waals surface area contributed by atoms with Gasteiger partial charge in [-0.05, 0) is 37.1 Å². The van der Waals surface area contributed by atoms with Gasteiger partial charge in [0.05, 0.1) is 24.4 Å². The van der Waals surface area contributed by atoms with Gasteiger partial charge in [0.2, 0.25) is 5.95 Å². The fraction of sp³-hybridized carbons (Fsp3) is 0.286. The van der Waals surface area contributed by atoms with Crippen molar-refractivity contribution in [1.82, 2.24) is 24.8 Å². The summed E-state index contributed by atoms with van der Waals surface area (Å²) in [6.07, 6.45) is 1.62. The third-order valence-corrected chi connectivity index (χ3v) is 5.60. The molecule has 0 spiro atoms. The van der Waals surface area contributed by atoms with E-state index >= 15 is 0 Å². The number of amides is 1. The number of fused-ring (bicyclic) bond motifs is 1. The van der Waals surface area contributed by atoms with E-state index in [-0.39, 0.29) is 31.2 Å². The second kappa shape index (κ2) is 9.13. The van der Waals surface area contributed by atoms with Crippen LogP contribution in [0.2, 0.25) is 0 Å². The summed E-state index contributed by atoms with van der Waals surface area (Å²) in [7, 11) is 0. The van der Waals surface area contributed by atoms with Crippen LogP contribution in [-0.2, 0) is 16.1 Å². The average molecular weight is 466 g/mol. The number of nitrogens with one attached hydrogen (secondary N) is 1. The lowest BCUT2D eigenvalue weighted by Crippen LogP contribution is -2.51. The van der Waals surface area contributed by atoms with Crippen LogP contribution in [-0.4, -0.2) is 65.5 Å². The summed E-state index contributed by atoms with van der Waals surface area (Å²) in [6.45, 7) is 0.371. The Bertz CT molecular complexity index is 1270. The van der Waals surface area contributed by atoms with Crippen molar-refractivity contribution in [3.63, 3.8) is 0 Å². The number of aliphatic carboxylic acids is 2. The highest BCUT2D eigenvalue weighted by molar-refractivity contribution is 5.97. The number of anilines is 3. The lowest BCUT2D eigenvalue weighted by molar-refractivity contribution is -0.149. The van der Waals surface area contributed by atoms with Crippen LogP contribution in [0, 0.1) is 5.92 Å². The number of likely N-dealkylation sites (tertiary alicyclic amines) is 1. The SMILES string of the molecule is Nc1nc(N)c2nc(CNc3ccc(C(=O)N4CCC(C(=O)O)CC4C(=O)O)cc3)cnc2n1. The van der Waals surface area contributed by atoms with Crippen molar-refractivity contribution in [1.29, 1.82) is 0 Å². The number of carboxylic acids is 2. The van der Waals surface area contributed by atoms with Gasteiger partial charge in [-0.3, -0.25) is 9.59 Å². The van der Waals surface area contributed by atoms with Gasteiger partial charge in [-0.2, -0.15) is 9.97 Å². The quantitative estimate of drug-likeness (QED) is 0.338. The van der Waals surface area contributed by atoms with Crippen LogP contribution in [0.25, 0.3) is 11.2 Å². The Kier molecular flexibility index (Phi) is 6.08. The molecule has 7 N–H and O–H groups in total. The molecule has 2 aromatic heterocycles. The Morgan fingerprint density at radius 1 is 1.06 bits per heavy atom. The molecule has 176 valence electrons. The minimum absolute atomic E-state index is 0.0146. The van der Waals surface area contributed by atoms with E-state index < -0.39 is 29.8 Å². The molecular weight excluding hydrogens is 444 g/mol. The molecule has 1 aliphatic heterocycles. The summed E-state index contributed by atoms with van der Waals surface area (Å²) in [5.41, 5.74) is 13.6. The molecule has 1 aliphatic rings. The van der Waals surface area contributed by atoms with Gasteiger partial charge in [-0.15, -0.1) is 0 Å². The fourth-order valence-corrected chi connectivity index (χ4v) is 3.82. The van der Waals surface area contributed by atoms with Crippen molar-refractivity contribution < 1.29 is 24.6 Å². The largest absolute Gasteiger partial charge is 0.481 e. The van der Waals surface area contributed by atoms with Crippen molar-refractivity contribution in [2.75, 3.05) is 23.3 Å². The number of carbonyl (C=O) groups excluding carboxylic acids is 1. The number of nitrogens with zero attached hydrogens (tertiary/aromatic N) is 5. The van der Waals surface area contributed by atoms with Crippen molar-refractivity contribution in [3.8, 4) is 0 Å². The van der Waals surface area contributed by atoms with Crippen LogP contribution >= 0.6 is 0 Å². The van der Waals surface area contributed by atoms with Crippen LogP contribution in [0.15, 0.2) is 30.5 Å². The number of nitrogen functional groups attached to an aromatic ring is 2. The molecule has 2 atom stereocenters. The first-order valence-electron chi connectivity index (χ1n) is 10.4. The molecule has 0 radical (unpaired) electrons. The Hall–Kier alpha value is -4.55. The number of nitrogens with two attached hydrogens (primary N) is 2. The number of piperidine rings is 1. The monoisotopic (exact) mass is 466 g/mol. The number of hydrogen-bond donors (Lipinski definition) is 5. The zero-order valence-corrected chi connectivity index (χ0v) is 17.9. The van der Waals surface area contributed by atoms with E-state index in [4.69, 9.17) is 11.5 Å². The first kappa shape index (κ1) is 22.6.